The van der Waals surface area contributed by atoms with Gasteiger partial charge in [-0.25, -0.2) is 13.4 Å². The number of nitro benzene ring substituents is 1. The fraction of sp³-hybridized carbons (Fsp3) is 0.348. The minimum absolute atomic E-state index is 0.0434. The van der Waals surface area contributed by atoms with Crippen LogP contribution in [0.15, 0.2) is 66.1 Å². The molecule has 1 fully saturated rings. The van der Waals surface area contributed by atoms with Crippen LogP contribution in [0.3, 0.4) is 0 Å². The second kappa shape index (κ2) is 9.72. The van der Waals surface area contributed by atoms with Crippen LogP contribution in [-0.2, 0) is 23.1 Å². The summed E-state index contributed by atoms with van der Waals surface area (Å²) in [7, 11) is -3.76. The first-order valence-electron chi connectivity index (χ1n) is 10.9. The molecule has 1 N–H and O–H groups in total. The van der Waals surface area contributed by atoms with Crippen LogP contribution in [0, 0.1) is 16.0 Å². The van der Waals surface area contributed by atoms with Crippen molar-refractivity contribution in [2.45, 2.75) is 37.8 Å². The van der Waals surface area contributed by atoms with Crippen molar-refractivity contribution in [2.75, 3.05) is 18.4 Å². The minimum Gasteiger partial charge on any atom is -0.375 e. The van der Waals surface area contributed by atoms with E-state index in [-0.39, 0.29) is 16.3 Å². The summed E-state index contributed by atoms with van der Waals surface area (Å²) in [5.41, 5.74) is 2.11. The lowest BCUT2D eigenvalue weighted by Crippen LogP contribution is -2.37. The summed E-state index contributed by atoms with van der Waals surface area (Å²) < 4.78 is 29.4. The summed E-state index contributed by atoms with van der Waals surface area (Å²) in [6.45, 7) is 4.07. The van der Waals surface area contributed by atoms with Crippen LogP contribution in [0.25, 0.3) is 0 Å². The number of imidazole rings is 1. The van der Waals surface area contributed by atoms with Crippen molar-refractivity contribution < 1.29 is 13.3 Å². The zero-order chi connectivity index (χ0) is 23.4. The van der Waals surface area contributed by atoms with Gasteiger partial charge in [-0.15, -0.1) is 0 Å². The number of nitrogens with zero attached hydrogens (tertiary/aromatic N) is 4. The fourth-order valence-electron chi connectivity index (χ4n) is 3.90. The van der Waals surface area contributed by atoms with E-state index < -0.39 is 14.9 Å². The number of nitro groups is 1. The second-order valence-electron chi connectivity index (χ2n) is 8.43. The molecule has 0 aliphatic carbocycles. The lowest BCUT2D eigenvalue weighted by molar-refractivity contribution is -0.384. The lowest BCUT2D eigenvalue weighted by Gasteiger charge is -2.29. The number of hydrogen-bond acceptors (Lipinski definition) is 6. The first kappa shape index (κ1) is 22.9. The van der Waals surface area contributed by atoms with Gasteiger partial charge in [0.2, 0.25) is 10.0 Å². The summed E-state index contributed by atoms with van der Waals surface area (Å²) in [5.74, 6) is 0.484. The highest BCUT2D eigenvalue weighted by molar-refractivity contribution is 7.89. The van der Waals surface area contributed by atoms with Gasteiger partial charge in [0.05, 0.1) is 16.1 Å². The maximum absolute atomic E-state index is 13.0. The smallest absolute Gasteiger partial charge is 0.293 e. The zero-order valence-corrected chi connectivity index (χ0v) is 19.2. The minimum atomic E-state index is -3.76. The molecule has 1 aromatic heterocycles. The summed E-state index contributed by atoms with van der Waals surface area (Å²) in [6.07, 6.45) is 6.97. The van der Waals surface area contributed by atoms with Gasteiger partial charge in [-0.2, -0.15) is 4.31 Å². The number of hydrogen-bond donors (Lipinski definition) is 1. The summed E-state index contributed by atoms with van der Waals surface area (Å²) in [6, 6.07) is 12.0. The Morgan fingerprint density at radius 2 is 1.82 bits per heavy atom. The van der Waals surface area contributed by atoms with Crippen molar-refractivity contribution in [3.8, 4) is 0 Å². The van der Waals surface area contributed by atoms with Crippen molar-refractivity contribution in [2.24, 2.45) is 5.92 Å². The third kappa shape index (κ3) is 5.40. The van der Waals surface area contributed by atoms with E-state index in [2.05, 4.69) is 17.2 Å². The highest BCUT2D eigenvalue weighted by Crippen LogP contribution is 2.31. The Balaban J connectivity index is 1.46. The average molecular weight is 470 g/mol. The molecule has 1 saturated heterocycles. The van der Waals surface area contributed by atoms with E-state index in [1.54, 1.807) is 12.5 Å². The van der Waals surface area contributed by atoms with Crippen molar-refractivity contribution >= 4 is 21.4 Å². The van der Waals surface area contributed by atoms with Gasteiger partial charge in [-0.1, -0.05) is 31.2 Å². The summed E-state index contributed by atoms with van der Waals surface area (Å²) >= 11 is 0. The number of anilines is 1. The fourth-order valence-corrected chi connectivity index (χ4v) is 5.39. The largest absolute Gasteiger partial charge is 0.375 e. The van der Waals surface area contributed by atoms with Gasteiger partial charge >= 0.3 is 0 Å². The molecule has 1 aliphatic rings. The standard InChI is InChI=1S/C23H27N5O4S/c1-18-8-11-27(12-9-18)33(31,32)21-6-7-22(23(14-21)28(29)30)25-15-19-2-4-20(5-3-19)16-26-13-10-24-17-26/h2-7,10,13-14,17-18,25H,8-9,11-12,15-16H2,1H3. The molecule has 2 heterocycles. The Bertz CT molecular complexity index is 1200. The van der Waals surface area contributed by atoms with E-state index in [1.807, 2.05) is 35.0 Å². The van der Waals surface area contributed by atoms with Gasteiger partial charge in [0.25, 0.3) is 5.69 Å². The number of aromatic nitrogens is 2. The van der Waals surface area contributed by atoms with Gasteiger partial charge in [0.1, 0.15) is 5.69 Å². The third-order valence-electron chi connectivity index (χ3n) is 5.98. The van der Waals surface area contributed by atoms with E-state index >= 15 is 0 Å². The first-order chi connectivity index (χ1) is 15.8. The molecule has 0 atom stereocenters. The van der Waals surface area contributed by atoms with Crippen LogP contribution in [0.4, 0.5) is 11.4 Å². The number of nitrogens with one attached hydrogen (secondary N) is 1. The monoisotopic (exact) mass is 469 g/mol. The van der Waals surface area contributed by atoms with Gasteiger partial charge in [0.15, 0.2) is 0 Å². The summed E-state index contributed by atoms with van der Waals surface area (Å²) in [4.78, 5) is 15.1. The molecule has 3 aromatic rings. The predicted octanol–water partition coefficient (Wildman–Crippen LogP) is 3.87. The SMILES string of the molecule is CC1CCN(S(=O)(=O)c2ccc(NCc3ccc(Cn4ccnc4)cc3)c([N+](=O)[O-])c2)CC1. The van der Waals surface area contributed by atoms with Crippen LogP contribution < -0.4 is 5.32 Å². The number of sulfonamides is 1. The zero-order valence-electron chi connectivity index (χ0n) is 18.4. The molecule has 10 heteroatoms. The van der Waals surface area contributed by atoms with Gasteiger partial charge in [0, 0.05) is 44.6 Å². The van der Waals surface area contributed by atoms with Gasteiger partial charge < -0.3 is 9.88 Å². The topological polar surface area (TPSA) is 110 Å². The Kier molecular flexibility index (Phi) is 6.75. The molecule has 33 heavy (non-hydrogen) atoms. The predicted molar refractivity (Wildman–Crippen MR) is 125 cm³/mol. The van der Waals surface area contributed by atoms with Crippen molar-refractivity contribution in [1.82, 2.24) is 13.9 Å². The molecule has 0 radical (unpaired) electrons. The van der Waals surface area contributed by atoms with E-state index in [4.69, 9.17) is 0 Å². The lowest BCUT2D eigenvalue weighted by atomic mass is 10.0. The normalized spacial score (nSPS) is 15.4. The Morgan fingerprint density at radius 3 is 2.45 bits per heavy atom. The highest BCUT2D eigenvalue weighted by Gasteiger charge is 2.30. The summed E-state index contributed by atoms with van der Waals surface area (Å²) in [5, 5.41) is 14.8. The maximum atomic E-state index is 13.0. The molecule has 0 saturated carbocycles. The van der Waals surface area contributed by atoms with E-state index in [0.29, 0.717) is 32.1 Å². The molecule has 4 rings (SSSR count). The molecule has 0 spiro atoms. The number of benzene rings is 2. The van der Waals surface area contributed by atoms with Crippen molar-refractivity contribution in [1.29, 1.82) is 0 Å². The van der Waals surface area contributed by atoms with Crippen LogP contribution in [-0.4, -0.2) is 40.3 Å². The molecule has 2 aromatic carbocycles. The molecule has 0 unspecified atom stereocenters. The highest BCUT2D eigenvalue weighted by atomic mass is 32.2. The van der Waals surface area contributed by atoms with Crippen LogP contribution in [0.1, 0.15) is 30.9 Å². The molecule has 0 bridgehead atoms. The van der Waals surface area contributed by atoms with Crippen molar-refractivity contribution in [3.63, 3.8) is 0 Å². The quantitative estimate of drug-likeness (QED) is 0.396. The average Bonchev–Trinajstić information content (AvgIpc) is 3.32. The van der Waals surface area contributed by atoms with Crippen LogP contribution in [0.2, 0.25) is 0 Å². The van der Waals surface area contributed by atoms with Crippen molar-refractivity contribution in [3.05, 3.63) is 82.4 Å². The molecule has 1 aliphatic heterocycles. The van der Waals surface area contributed by atoms with E-state index in [1.165, 1.54) is 16.4 Å². The van der Waals surface area contributed by atoms with Crippen LogP contribution >= 0.6 is 0 Å². The second-order valence-corrected chi connectivity index (χ2v) is 10.4. The third-order valence-corrected chi connectivity index (χ3v) is 7.87. The number of piperidine rings is 1. The maximum Gasteiger partial charge on any atom is 0.293 e. The Morgan fingerprint density at radius 1 is 1.12 bits per heavy atom. The Hall–Kier alpha value is -3.24. The van der Waals surface area contributed by atoms with E-state index in [9.17, 15) is 18.5 Å². The molecular formula is C23H27N5O4S. The van der Waals surface area contributed by atoms with Crippen LogP contribution in [0.5, 0.6) is 0 Å². The van der Waals surface area contributed by atoms with Gasteiger partial charge in [-0.05, 0) is 42.0 Å². The first-order valence-corrected chi connectivity index (χ1v) is 12.3. The Labute approximate surface area is 193 Å². The molecule has 0 amide bonds. The molecule has 9 nitrogen and oxygen atoms in total. The van der Waals surface area contributed by atoms with Gasteiger partial charge in [-0.3, -0.25) is 10.1 Å². The van der Waals surface area contributed by atoms with E-state index in [0.717, 1.165) is 30.0 Å². The number of rotatable bonds is 8. The molecule has 174 valence electrons. The molecular weight excluding hydrogens is 442 g/mol.